The van der Waals surface area contributed by atoms with E-state index in [1.165, 1.54) is 12.8 Å². The van der Waals surface area contributed by atoms with E-state index in [0.717, 1.165) is 18.4 Å². The van der Waals surface area contributed by atoms with Gasteiger partial charge in [-0.05, 0) is 57.2 Å². The minimum Gasteiger partial charge on any atom is -0.444 e. The molecule has 7 heteroatoms. The highest BCUT2D eigenvalue weighted by Crippen LogP contribution is 2.27. The van der Waals surface area contributed by atoms with Gasteiger partial charge in [-0.25, -0.2) is 4.79 Å². The predicted molar refractivity (Wildman–Crippen MR) is 112 cm³/mol. The number of ether oxygens (including phenoxy) is 1. The second-order valence-electron chi connectivity index (χ2n) is 8.56. The van der Waals surface area contributed by atoms with E-state index in [1.54, 1.807) is 32.9 Å². The number of amides is 3. The summed E-state index contributed by atoms with van der Waals surface area (Å²) >= 11 is 0. The van der Waals surface area contributed by atoms with Gasteiger partial charge in [0.05, 0.1) is 0 Å². The lowest BCUT2D eigenvalue weighted by atomic mass is 10.0. The molecule has 160 valence electrons. The molecule has 1 aromatic carbocycles. The van der Waals surface area contributed by atoms with Gasteiger partial charge >= 0.3 is 6.09 Å². The van der Waals surface area contributed by atoms with Crippen molar-refractivity contribution in [1.29, 1.82) is 0 Å². The molecule has 0 aromatic heterocycles. The van der Waals surface area contributed by atoms with Crippen LogP contribution in [0.5, 0.6) is 0 Å². The maximum Gasteiger partial charge on any atom is 0.407 e. The molecule has 1 aliphatic carbocycles. The Balaban J connectivity index is 1.65. The van der Waals surface area contributed by atoms with Gasteiger partial charge in [0.15, 0.2) is 0 Å². The third kappa shape index (κ3) is 9.45. The Bertz CT molecular complexity index is 689. The molecule has 2 rings (SSSR count). The van der Waals surface area contributed by atoms with E-state index in [-0.39, 0.29) is 24.8 Å². The highest BCUT2D eigenvalue weighted by molar-refractivity contribution is 5.91. The number of benzene rings is 1. The Labute approximate surface area is 173 Å². The summed E-state index contributed by atoms with van der Waals surface area (Å²) in [4.78, 5) is 35.5. The zero-order valence-electron chi connectivity index (χ0n) is 17.7. The van der Waals surface area contributed by atoms with E-state index in [2.05, 4.69) is 16.0 Å². The molecular formula is C22H33N3O4. The smallest absolute Gasteiger partial charge is 0.407 e. The van der Waals surface area contributed by atoms with Crippen LogP contribution >= 0.6 is 0 Å². The average molecular weight is 404 g/mol. The van der Waals surface area contributed by atoms with Crippen LogP contribution in [0.2, 0.25) is 0 Å². The zero-order chi connectivity index (χ0) is 21.3. The molecule has 0 spiro atoms. The molecule has 0 heterocycles. The Morgan fingerprint density at radius 2 is 1.66 bits per heavy atom. The number of rotatable bonds is 8. The van der Waals surface area contributed by atoms with Crippen LogP contribution in [0.3, 0.4) is 0 Å². The van der Waals surface area contributed by atoms with Gasteiger partial charge in [-0.15, -0.1) is 0 Å². The molecule has 3 amide bonds. The largest absolute Gasteiger partial charge is 0.444 e. The van der Waals surface area contributed by atoms with Crippen molar-refractivity contribution in [3.05, 3.63) is 29.8 Å². The summed E-state index contributed by atoms with van der Waals surface area (Å²) in [5, 5.41) is 8.30. The standard InChI is InChI=1S/C22H33N3O4/c1-22(2,3)29-21(28)23-13-12-19(26)25-18-10-8-17(9-11-18)15-24-20(27)14-16-6-4-5-7-16/h8-11,16H,4-7,12-15H2,1-3H3,(H,23,28)(H,24,27)(H,25,26). The number of hydrogen-bond acceptors (Lipinski definition) is 4. The number of carbonyl (C=O) groups excluding carboxylic acids is 3. The zero-order valence-corrected chi connectivity index (χ0v) is 17.7. The summed E-state index contributed by atoms with van der Waals surface area (Å²) in [6.07, 6.45) is 5.03. The highest BCUT2D eigenvalue weighted by Gasteiger charge is 2.18. The van der Waals surface area contributed by atoms with E-state index in [0.29, 0.717) is 24.6 Å². The monoisotopic (exact) mass is 403 g/mol. The molecule has 1 fully saturated rings. The summed E-state index contributed by atoms with van der Waals surface area (Å²) in [5.74, 6) is 0.447. The molecule has 0 aliphatic heterocycles. The van der Waals surface area contributed by atoms with E-state index >= 15 is 0 Å². The summed E-state index contributed by atoms with van der Waals surface area (Å²) in [6.45, 7) is 6.03. The molecule has 1 aliphatic rings. The van der Waals surface area contributed by atoms with Crippen LogP contribution in [0, 0.1) is 5.92 Å². The second kappa shape index (κ2) is 10.8. The molecule has 29 heavy (non-hydrogen) atoms. The Morgan fingerprint density at radius 1 is 1.00 bits per heavy atom. The van der Waals surface area contributed by atoms with E-state index < -0.39 is 11.7 Å². The van der Waals surface area contributed by atoms with E-state index in [4.69, 9.17) is 4.74 Å². The number of anilines is 1. The van der Waals surface area contributed by atoms with Gasteiger partial charge in [0.2, 0.25) is 11.8 Å². The van der Waals surface area contributed by atoms with E-state index in [9.17, 15) is 14.4 Å². The first-order valence-corrected chi connectivity index (χ1v) is 10.3. The third-order valence-electron chi connectivity index (χ3n) is 4.70. The molecular weight excluding hydrogens is 370 g/mol. The van der Waals surface area contributed by atoms with E-state index in [1.807, 2.05) is 12.1 Å². The average Bonchev–Trinajstić information content (AvgIpc) is 3.12. The summed E-state index contributed by atoms with van der Waals surface area (Å²) in [5.41, 5.74) is 1.09. The highest BCUT2D eigenvalue weighted by atomic mass is 16.6. The van der Waals surface area contributed by atoms with Crippen LogP contribution in [-0.4, -0.2) is 30.1 Å². The Kier molecular flexibility index (Phi) is 8.49. The van der Waals surface area contributed by atoms with Crippen molar-refractivity contribution in [2.75, 3.05) is 11.9 Å². The lowest BCUT2D eigenvalue weighted by Gasteiger charge is -2.19. The van der Waals surface area contributed by atoms with Crippen molar-refractivity contribution < 1.29 is 19.1 Å². The SMILES string of the molecule is CC(C)(C)OC(=O)NCCC(=O)Nc1ccc(CNC(=O)CC2CCCC2)cc1. The van der Waals surface area contributed by atoms with Crippen molar-refractivity contribution in [3.63, 3.8) is 0 Å². The van der Waals surface area contributed by atoms with Gasteiger partial charge < -0.3 is 20.7 Å². The second-order valence-corrected chi connectivity index (χ2v) is 8.56. The number of hydrogen-bond donors (Lipinski definition) is 3. The molecule has 0 unspecified atom stereocenters. The lowest BCUT2D eigenvalue weighted by Crippen LogP contribution is -2.34. The quantitative estimate of drug-likeness (QED) is 0.616. The Morgan fingerprint density at radius 3 is 2.28 bits per heavy atom. The number of alkyl carbamates (subject to hydrolysis) is 1. The molecule has 1 aromatic rings. The maximum atomic E-state index is 12.0. The van der Waals surface area contributed by atoms with Gasteiger partial charge in [0, 0.05) is 31.6 Å². The predicted octanol–water partition coefficient (Wildman–Crippen LogP) is 3.74. The van der Waals surface area contributed by atoms with Gasteiger partial charge in [-0.1, -0.05) is 25.0 Å². The minimum absolute atomic E-state index is 0.103. The third-order valence-corrected chi connectivity index (χ3v) is 4.70. The summed E-state index contributed by atoms with van der Waals surface area (Å²) in [7, 11) is 0. The minimum atomic E-state index is -0.565. The molecule has 0 atom stereocenters. The molecule has 7 nitrogen and oxygen atoms in total. The number of nitrogens with one attached hydrogen (secondary N) is 3. The molecule has 0 bridgehead atoms. The van der Waals surface area contributed by atoms with Crippen molar-refractivity contribution >= 4 is 23.6 Å². The summed E-state index contributed by atoms with van der Waals surface area (Å²) < 4.78 is 5.12. The van der Waals surface area contributed by atoms with Crippen molar-refractivity contribution in [1.82, 2.24) is 10.6 Å². The van der Waals surface area contributed by atoms with Crippen LogP contribution in [0.4, 0.5) is 10.5 Å². The van der Waals surface area contributed by atoms with Crippen molar-refractivity contribution in [3.8, 4) is 0 Å². The first-order valence-electron chi connectivity index (χ1n) is 10.3. The maximum absolute atomic E-state index is 12.0. The van der Waals surface area contributed by atoms with Crippen LogP contribution in [0.15, 0.2) is 24.3 Å². The first kappa shape index (κ1) is 22.7. The number of carbonyl (C=O) groups is 3. The molecule has 0 saturated heterocycles. The molecule has 0 radical (unpaired) electrons. The van der Waals surface area contributed by atoms with Crippen LogP contribution in [0.1, 0.15) is 64.9 Å². The normalized spacial score (nSPS) is 14.3. The summed E-state index contributed by atoms with van der Waals surface area (Å²) in [6, 6.07) is 7.37. The fourth-order valence-electron chi connectivity index (χ4n) is 3.27. The van der Waals surface area contributed by atoms with Crippen LogP contribution < -0.4 is 16.0 Å². The van der Waals surface area contributed by atoms with Gasteiger partial charge in [0.25, 0.3) is 0 Å². The van der Waals surface area contributed by atoms with Crippen LogP contribution in [0.25, 0.3) is 0 Å². The van der Waals surface area contributed by atoms with Gasteiger partial charge in [-0.3, -0.25) is 9.59 Å². The molecule has 3 N–H and O–H groups in total. The van der Waals surface area contributed by atoms with Gasteiger partial charge in [0.1, 0.15) is 5.60 Å². The van der Waals surface area contributed by atoms with Crippen molar-refractivity contribution in [2.45, 2.75) is 71.4 Å². The van der Waals surface area contributed by atoms with Gasteiger partial charge in [-0.2, -0.15) is 0 Å². The van der Waals surface area contributed by atoms with Crippen LogP contribution in [-0.2, 0) is 20.9 Å². The Hall–Kier alpha value is -2.57. The molecule has 1 saturated carbocycles. The topological polar surface area (TPSA) is 96.5 Å². The lowest BCUT2D eigenvalue weighted by molar-refractivity contribution is -0.122. The van der Waals surface area contributed by atoms with Crippen molar-refractivity contribution in [2.24, 2.45) is 5.92 Å². The fourth-order valence-corrected chi connectivity index (χ4v) is 3.27. The first-order chi connectivity index (χ1) is 13.7. The fraction of sp³-hybridized carbons (Fsp3) is 0.591.